The van der Waals surface area contributed by atoms with Crippen LogP contribution in [0.25, 0.3) is 33.3 Å². The van der Waals surface area contributed by atoms with E-state index in [9.17, 15) is 14.0 Å². The standard InChI is InChI=1S/C29H29F2N7O2/c1-37-11-15(30)8-18(37)14-39-25-9-24(38-12-16-2-3-17(13-38)34-16)20-5-7-23(35-29(20)36-25)19-4-6-22(31)26-21(10-32)28(33)40-27(19)26/h4-7,9,15-18,34H,2-3,8,11-14,33H2,1H3/t15-,16?,17?,18+/m1/s1. The number of fused-ring (bicyclic) bond motifs is 4. The first-order valence-electron chi connectivity index (χ1n) is 13.6. The van der Waals surface area contributed by atoms with Crippen molar-refractivity contribution in [2.24, 2.45) is 0 Å². The summed E-state index contributed by atoms with van der Waals surface area (Å²) >= 11 is 0. The van der Waals surface area contributed by atoms with E-state index in [0.29, 0.717) is 54.4 Å². The van der Waals surface area contributed by atoms with Gasteiger partial charge in [-0.25, -0.2) is 13.8 Å². The molecule has 0 saturated carbocycles. The number of ether oxygens (including phenoxy) is 1. The van der Waals surface area contributed by atoms with Crippen molar-refractivity contribution in [3.63, 3.8) is 0 Å². The number of benzene rings is 1. The van der Waals surface area contributed by atoms with Crippen molar-refractivity contribution in [1.29, 1.82) is 5.26 Å². The van der Waals surface area contributed by atoms with E-state index in [2.05, 4.69) is 10.2 Å². The van der Waals surface area contributed by atoms with E-state index in [1.54, 1.807) is 6.07 Å². The number of alkyl halides is 1. The average Bonchev–Trinajstić information content (AvgIpc) is 3.58. The van der Waals surface area contributed by atoms with Gasteiger partial charge in [-0.2, -0.15) is 10.2 Å². The number of piperazine rings is 1. The molecule has 0 radical (unpaired) electrons. The lowest BCUT2D eigenvalue weighted by Gasteiger charge is -2.35. The zero-order valence-electron chi connectivity index (χ0n) is 22.0. The fourth-order valence-corrected chi connectivity index (χ4v) is 6.43. The highest BCUT2D eigenvalue weighted by molar-refractivity contribution is 5.99. The number of aromatic nitrogens is 2. The Kier molecular flexibility index (Phi) is 5.98. The highest BCUT2D eigenvalue weighted by Gasteiger charge is 2.34. The maximum atomic E-state index is 14.7. The normalized spacial score (nSPS) is 24.7. The summed E-state index contributed by atoms with van der Waals surface area (Å²) < 4.78 is 40.4. The summed E-state index contributed by atoms with van der Waals surface area (Å²) in [4.78, 5) is 13.9. The summed E-state index contributed by atoms with van der Waals surface area (Å²) in [6.07, 6.45) is 1.86. The van der Waals surface area contributed by atoms with Crippen LogP contribution in [0.5, 0.6) is 5.88 Å². The molecular formula is C29H29F2N7O2. The second-order valence-electron chi connectivity index (χ2n) is 11.1. The SMILES string of the molecule is CN1C[C@H](F)C[C@H]1COc1cc(N2CC3CCC(C2)N3)c2ccc(-c3ccc(F)c4c(C#N)c(N)oc34)nc2n1. The minimum absolute atomic E-state index is 0.0310. The Morgan fingerprint density at radius 1 is 1.18 bits per heavy atom. The molecule has 9 nitrogen and oxygen atoms in total. The van der Waals surface area contributed by atoms with Crippen molar-refractivity contribution in [3.8, 4) is 23.2 Å². The van der Waals surface area contributed by atoms with Gasteiger partial charge in [-0.15, -0.1) is 0 Å². The number of nitrogen functional groups attached to an aromatic ring is 1. The van der Waals surface area contributed by atoms with E-state index in [-0.39, 0.29) is 28.5 Å². The molecule has 3 N–H and O–H groups in total. The Balaban J connectivity index is 1.32. The Morgan fingerprint density at radius 2 is 1.98 bits per heavy atom. The molecule has 3 aliphatic rings. The first kappa shape index (κ1) is 25.0. The second kappa shape index (κ2) is 9.57. The van der Waals surface area contributed by atoms with Crippen molar-refractivity contribution in [2.75, 3.05) is 43.9 Å². The number of anilines is 2. The average molecular weight is 546 g/mol. The van der Waals surface area contributed by atoms with Gasteiger partial charge in [-0.1, -0.05) is 0 Å². The fraction of sp³-hybridized carbons (Fsp3) is 0.414. The van der Waals surface area contributed by atoms with Gasteiger partial charge in [0, 0.05) is 54.8 Å². The van der Waals surface area contributed by atoms with Crippen LogP contribution in [0.3, 0.4) is 0 Å². The van der Waals surface area contributed by atoms with Crippen molar-refractivity contribution < 1.29 is 17.9 Å². The van der Waals surface area contributed by atoms with Gasteiger partial charge in [0.05, 0.1) is 16.8 Å². The molecule has 11 heteroatoms. The summed E-state index contributed by atoms with van der Waals surface area (Å²) in [6.45, 7) is 2.46. The van der Waals surface area contributed by atoms with E-state index in [0.717, 1.165) is 37.0 Å². The van der Waals surface area contributed by atoms with E-state index in [1.807, 2.05) is 36.2 Å². The molecule has 4 atom stereocenters. The number of furan rings is 1. The van der Waals surface area contributed by atoms with Crippen LogP contribution < -0.4 is 20.7 Å². The Bertz CT molecular complexity index is 1660. The van der Waals surface area contributed by atoms with Gasteiger partial charge >= 0.3 is 0 Å². The van der Waals surface area contributed by atoms with E-state index >= 15 is 0 Å². The molecule has 0 amide bonds. The van der Waals surface area contributed by atoms with Crippen molar-refractivity contribution in [2.45, 2.75) is 43.6 Å². The summed E-state index contributed by atoms with van der Waals surface area (Å²) in [5, 5.41) is 14.1. The zero-order chi connectivity index (χ0) is 27.5. The van der Waals surface area contributed by atoms with E-state index in [4.69, 9.17) is 24.9 Å². The molecule has 3 fully saturated rings. The smallest absolute Gasteiger partial charge is 0.217 e. The monoisotopic (exact) mass is 545 g/mol. The van der Waals surface area contributed by atoms with Gasteiger partial charge in [0.1, 0.15) is 30.2 Å². The molecule has 4 aromatic rings. The quantitative estimate of drug-likeness (QED) is 0.384. The Hall–Kier alpha value is -4.01. The van der Waals surface area contributed by atoms with Gasteiger partial charge in [-0.3, -0.25) is 4.90 Å². The van der Waals surface area contributed by atoms with Gasteiger partial charge in [0.15, 0.2) is 11.2 Å². The van der Waals surface area contributed by atoms with Gasteiger partial charge in [0.25, 0.3) is 0 Å². The van der Waals surface area contributed by atoms with Gasteiger partial charge in [-0.05, 0) is 50.6 Å². The highest BCUT2D eigenvalue weighted by atomic mass is 19.1. The van der Waals surface area contributed by atoms with Crippen molar-refractivity contribution >= 4 is 33.6 Å². The van der Waals surface area contributed by atoms with Crippen LogP contribution >= 0.6 is 0 Å². The van der Waals surface area contributed by atoms with E-state index < -0.39 is 12.0 Å². The number of hydrogen-bond donors (Lipinski definition) is 2. The summed E-state index contributed by atoms with van der Waals surface area (Å²) in [6, 6.07) is 11.4. The lowest BCUT2D eigenvalue weighted by molar-refractivity contribution is 0.193. The number of likely N-dealkylation sites (tertiary alicyclic amines) is 1. The fourth-order valence-electron chi connectivity index (χ4n) is 6.43. The zero-order valence-corrected chi connectivity index (χ0v) is 22.0. The molecular weight excluding hydrogens is 516 g/mol. The van der Waals surface area contributed by atoms with E-state index in [1.165, 1.54) is 6.07 Å². The molecule has 0 aliphatic carbocycles. The van der Waals surface area contributed by atoms with Crippen molar-refractivity contribution in [1.82, 2.24) is 20.2 Å². The summed E-state index contributed by atoms with van der Waals surface area (Å²) in [5.41, 5.74) is 8.47. The number of pyridine rings is 2. The van der Waals surface area contributed by atoms with Crippen LogP contribution in [0.1, 0.15) is 24.8 Å². The number of nitrogens with zero attached hydrogens (tertiary/aromatic N) is 5. The van der Waals surface area contributed by atoms with Crippen LogP contribution in [0.2, 0.25) is 0 Å². The number of likely N-dealkylation sites (N-methyl/N-ethyl adjacent to an activating group) is 1. The predicted molar refractivity (Wildman–Crippen MR) is 147 cm³/mol. The molecule has 40 heavy (non-hydrogen) atoms. The number of nitrogens with one attached hydrogen (secondary N) is 1. The second-order valence-corrected chi connectivity index (χ2v) is 11.1. The number of nitriles is 1. The first-order chi connectivity index (χ1) is 19.4. The third-order valence-electron chi connectivity index (χ3n) is 8.45. The topological polar surface area (TPSA) is 116 Å². The summed E-state index contributed by atoms with van der Waals surface area (Å²) in [7, 11) is 1.90. The molecule has 6 heterocycles. The highest BCUT2D eigenvalue weighted by Crippen LogP contribution is 2.38. The maximum Gasteiger partial charge on any atom is 0.217 e. The van der Waals surface area contributed by atoms with Crippen molar-refractivity contribution in [3.05, 3.63) is 41.7 Å². The van der Waals surface area contributed by atoms with Crippen LogP contribution in [0.4, 0.5) is 20.4 Å². The number of rotatable bonds is 5. The van der Waals surface area contributed by atoms with Crippen LogP contribution in [0, 0.1) is 17.1 Å². The minimum atomic E-state index is -0.857. The third-order valence-corrected chi connectivity index (χ3v) is 8.45. The maximum absolute atomic E-state index is 14.7. The van der Waals surface area contributed by atoms with Gasteiger partial charge in [0.2, 0.25) is 11.8 Å². The number of nitrogens with two attached hydrogens (primary N) is 1. The lowest BCUT2D eigenvalue weighted by Crippen LogP contribution is -2.51. The Morgan fingerprint density at radius 3 is 2.70 bits per heavy atom. The molecule has 3 saturated heterocycles. The third kappa shape index (κ3) is 4.19. The molecule has 3 aromatic heterocycles. The molecule has 1 aromatic carbocycles. The first-order valence-corrected chi connectivity index (χ1v) is 13.6. The molecule has 2 unspecified atom stereocenters. The minimum Gasteiger partial charge on any atom is -0.476 e. The molecule has 206 valence electrons. The molecule has 0 spiro atoms. The largest absolute Gasteiger partial charge is 0.476 e. The van der Waals surface area contributed by atoms with Crippen LogP contribution in [-0.4, -0.2) is 72.5 Å². The lowest BCUT2D eigenvalue weighted by atomic mass is 10.0. The molecule has 2 bridgehead atoms. The Labute approximate surface area is 229 Å². The number of halogens is 2. The van der Waals surface area contributed by atoms with Crippen LogP contribution in [0.15, 0.2) is 34.7 Å². The van der Waals surface area contributed by atoms with Gasteiger partial charge < -0.3 is 25.1 Å². The molecule has 7 rings (SSSR count). The van der Waals surface area contributed by atoms with Crippen LogP contribution in [-0.2, 0) is 0 Å². The summed E-state index contributed by atoms with van der Waals surface area (Å²) in [5.74, 6) is -0.304. The molecule has 3 aliphatic heterocycles. The number of hydrogen-bond acceptors (Lipinski definition) is 9. The predicted octanol–water partition coefficient (Wildman–Crippen LogP) is 4.00.